The summed E-state index contributed by atoms with van der Waals surface area (Å²) in [6, 6.07) is 0. The second-order valence-electron chi connectivity index (χ2n) is 6.37. The van der Waals surface area contributed by atoms with Crippen molar-refractivity contribution < 1.29 is 13.2 Å². The van der Waals surface area contributed by atoms with Gasteiger partial charge in [0, 0.05) is 25.3 Å². The van der Waals surface area contributed by atoms with Crippen LogP contribution in [0.4, 0.5) is 0 Å². The van der Waals surface area contributed by atoms with Crippen LogP contribution in [0.25, 0.3) is 0 Å². The van der Waals surface area contributed by atoms with Crippen molar-refractivity contribution in [3.05, 3.63) is 0 Å². The Hall–Kier alpha value is -0.580. The van der Waals surface area contributed by atoms with Crippen LogP contribution in [0.1, 0.15) is 46.5 Å². The van der Waals surface area contributed by atoms with Crippen LogP contribution < -0.4 is 0 Å². The van der Waals surface area contributed by atoms with E-state index < -0.39 is 9.84 Å². The summed E-state index contributed by atoms with van der Waals surface area (Å²) in [5.41, 5.74) is -0.443. The maximum absolute atomic E-state index is 12.2. The monoisotopic (exact) mass is 275 g/mol. The Balaban J connectivity index is 2.66. The van der Waals surface area contributed by atoms with Gasteiger partial charge in [-0.05, 0) is 38.5 Å². The first-order chi connectivity index (χ1) is 8.01. The second-order valence-corrected chi connectivity index (χ2v) is 8.51. The SMILES string of the molecule is CCC(C)(C)N(C)C(=O)CC1(CS(C)(=O)=O)CC1. The van der Waals surface area contributed by atoms with E-state index in [1.165, 1.54) is 6.26 Å². The predicted octanol–water partition coefficient (Wildman–Crippen LogP) is 1.85. The van der Waals surface area contributed by atoms with Crippen molar-refractivity contribution in [3.8, 4) is 0 Å². The standard InChI is InChI=1S/C13H25NO3S/c1-6-12(2,3)14(4)11(15)9-13(7-8-13)10-18(5,16)17/h6-10H2,1-5H3. The highest BCUT2D eigenvalue weighted by Crippen LogP contribution is 2.50. The van der Waals surface area contributed by atoms with Crippen molar-refractivity contribution in [2.75, 3.05) is 19.1 Å². The van der Waals surface area contributed by atoms with Gasteiger partial charge in [0.15, 0.2) is 0 Å². The summed E-state index contributed by atoms with van der Waals surface area (Å²) in [7, 11) is -1.19. The molecular weight excluding hydrogens is 250 g/mol. The van der Waals surface area contributed by atoms with E-state index in [0.29, 0.717) is 6.42 Å². The number of amides is 1. The number of rotatable bonds is 6. The van der Waals surface area contributed by atoms with E-state index in [9.17, 15) is 13.2 Å². The predicted molar refractivity (Wildman–Crippen MR) is 73.1 cm³/mol. The molecule has 0 atom stereocenters. The van der Waals surface area contributed by atoms with E-state index >= 15 is 0 Å². The van der Waals surface area contributed by atoms with Crippen LogP contribution >= 0.6 is 0 Å². The molecule has 4 nitrogen and oxygen atoms in total. The molecule has 0 saturated heterocycles. The zero-order valence-electron chi connectivity index (χ0n) is 12.1. The minimum atomic E-state index is -3.00. The minimum absolute atomic E-state index is 0.0583. The number of nitrogens with zero attached hydrogens (tertiary/aromatic N) is 1. The summed E-state index contributed by atoms with van der Waals surface area (Å²) in [6.07, 6.45) is 4.20. The lowest BCUT2D eigenvalue weighted by molar-refractivity contribution is -0.135. The van der Waals surface area contributed by atoms with Gasteiger partial charge < -0.3 is 4.90 Å². The second kappa shape index (κ2) is 4.83. The highest BCUT2D eigenvalue weighted by molar-refractivity contribution is 7.90. The lowest BCUT2D eigenvalue weighted by atomic mass is 9.97. The van der Waals surface area contributed by atoms with E-state index in [0.717, 1.165) is 19.3 Å². The fraction of sp³-hybridized carbons (Fsp3) is 0.923. The van der Waals surface area contributed by atoms with E-state index in [4.69, 9.17) is 0 Å². The fourth-order valence-electron chi connectivity index (χ4n) is 2.12. The molecule has 5 heteroatoms. The number of carbonyl (C=O) groups is 1. The van der Waals surface area contributed by atoms with E-state index in [1.807, 2.05) is 27.8 Å². The molecule has 0 spiro atoms. The first-order valence-electron chi connectivity index (χ1n) is 6.46. The molecule has 1 amide bonds. The quantitative estimate of drug-likeness (QED) is 0.743. The fourth-order valence-corrected chi connectivity index (χ4v) is 3.62. The Morgan fingerprint density at radius 3 is 2.17 bits per heavy atom. The van der Waals surface area contributed by atoms with Gasteiger partial charge in [0.2, 0.25) is 5.91 Å². The van der Waals surface area contributed by atoms with Crippen molar-refractivity contribution in [2.24, 2.45) is 5.41 Å². The highest BCUT2D eigenvalue weighted by Gasteiger charge is 2.47. The van der Waals surface area contributed by atoms with Gasteiger partial charge in [-0.3, -0.25) is 4.79 Å². The summed E-state index contributed by atoms with van der Waals surface area (Å²) in [5, 5.41) is 0. The molecule has 106 valence electrons. The molecule has 1 aliphatic carbocycles. The Kier molecular flexibility index (Phi) is 4.16. The zero-order chi connectivity index (χ0) is 14.2. The molecule has 0 bridgehead atoms. The maximum atomic E-state index is 12.2. The largest absolute Gasteiger partial charge is 0.341 e. The molecular formula is C13H25NO3S. The van der Waals surface area contributed by atoms with Gasteiger partial charge in [-0.1, -0.05) is 6.92 Å². The van der Waals surface area contributed by atoms with Crippen LogP contribution in [0.3, 0.4) is 0 Å². The van der Waals surface area contributed by atoms with Gasteiger partial charge >= 0.3 is 0 Å². The third-order valence-electron chi connectivity index (χ3n) is 4.20. The molecule has 0 heterocycles. The molecule has 18 heavy (non-hydrogen) atoms. The molecule has 0 aromatic rings. The Bertz CT molecular complexity index is 422. The molecule has 0 N–H and O–H groups in total. The zero-order valence-corrected chi connectivity index (χ0v) is 12.9. The van der Waals surface area contributed by atoms with Crippen LogP contribution in [0.2, 0.25) is 0 Å². The average Bonchev–Trinajstić information content (AvgIpc) is 2.93. The van der Waals surface area contributed by atoms with Crippen LogP contribution in [0, 0.1) is 5.41 Å². The van der Waals surface area contributed by atoms with E-state index in [-0.39, 0.29) is 22.6 Å². The normalized spacial score (nSPS) is 18.5. The van der Waals surface area contributed by atoms with Gasteiger partial charge in [0.25, 0.3) is 0 Å². The summed E-state index contributed by atoms with van der Waals surface area (Å²) in [6.45, 7) is 6.11. The lowest BCUT2D eigenvalue weighted by Gasteiger charge is -2.35. The van der Waals surface area contributed by atoms with Gasteiger partial charge in [0.05, 0.1) is 5.75 Å². The molecule has 0 aliphatic heterocycles. The molecule has 1 fully saturated rings. The number of carbonyl (C=O) groups excluding carboxylic acids is 1. The molecule has 0 radical (unpaired) electrons. The van der Waals surface area contributed by atoms with Gasteiger partial charge in [-0.25, -0.2) is 8.42 Å². The van der Waals surface area contributed by atoms with Crippen LogP contribution in [0.5, 0.6) is 0 Å². The van der Waals surface area contributed by atoms with Crippen molar-refractivity contribution in [1.82, 2.24) is 4.90 Å². The van der Waals surface area contributed by atoms with Crippen molar-refractivity contribution in [1.29, 1.82) is 0 Å². The van der Waals surface area contributed by atoms with Gasteiger partial charge in [0.1, 0.15) is 9.84 Å². The Morgan fingerprint density at radius 2 is 1.83 bits per heavy atom. The average molecular weight is 275 g/mol. The lowest BCUT2D eigenvalue weighted by Crippen LogP contribution is -2.45. The maximum Gasteiger partial charge on any atom is 0.223 e. The van der Waals surface area contributed by atoms with E-state index in [2.05, 4.69) is 0 Å². The molecule has 0 unspecified atom stereocenters. The number of sulfone groups is 1. The van der Waals surface area contributed by atoms with Crippen LogP contribution in [-0.2, 0) is 14.6 Å². The van der Waals surface area contributed by atoms with Crippen molar-refractivity contribution in [2.45, 2.75) is 52.0 Å². The smallest absolute Gasteiger partial charge is 0.223 e. The highest BCUT2D eigenvalue weighted by atomic mass is 32.2. The molecule has 1 rings (SSSR count). The number of hydrogen-bond acceptors (Lipinski definition) is 3. The number of hydrogen-bond donors (Lipinski definition) is 0. The summed E-state index contributed by atoms with van der Waals surface area (Å²) < 4.78 is 22.7. The summed E-state index contributed by atoms with van der Waals surface area (Å²) in [5.74, 6) is 0.203. The molecule has 0 aromatic carbocycles. The van der Waals surface area contributed by atoms with Gasteiger partial charge in [-0.2, -0.15) is 0 Å². The molecule has 0 aromatic heterocycles. The third-order valence-corrected chi connectivity index (χ3v) is 5.34. The first kappa shape index (κ1) is 15.5. The van der Waals surface area contributed by atoms with Gasteiger partial charge in [-0.15, -0.1) is 0 Å². The Morgan fingerprint density at radius 1 is 1.33 bits per heavy atom. The minimum Gasteiger partial charge on any atom is -0.341 e. The summed E-state index contributed by atoms with van der Waals surface area (Å²) in [4.78, 5) is 14.0. The Labute approximate surface area is 111 Å². The third kappa shape index (κ3) is 3.97. The van der Waals surface area contributed by atoms with Crippen molar-refractivity contribution >= 4 is 15.7 Å². The van der Waals surface area contributed by atoms with E-state index in [1.54, 1.807) is 4.90 Å². The molecule has 1 aliphatic rings. The summed E-state index contributed by atoms with van der Waals surface area (Å²) >= 11 is 0. The van der Waals surface area contributed by atoms with Crippen LogP contribution in [-0.4, -0.2) is 43.8 Å². The molecule has 1 saturated carbocycles. The van der Waals surface area contributed by atoms with Crippen LogP contribution in [0.15, 0.2) is 0 Å². The van der Waals surface area contributed by atoms with Crippen molar-refractivity contribution in [3.63, 3.8) is 0 Å². The first-order valence-corrected chi connectivity index (χ1v) is 8.52. The topological polar surface area (TPSA) is 54.5 Å².